The minimum atomic E-state index is -0.499. The molecule has 146 valence electrons. The van der Waals surface area contributed by atoms with Crippen molar-refractivity contribution in [2.24, 2.45) is 0 Å². The lowest BCUT2D eigenvalue weighted by atomic mass is 10.1. The molecule has 0 saturated carbocycles. The van der Waals surface area contributed by atoms with Crippen LogP contribution in [0.1, 0.15) is 22.5 Å². The predicted molar refractivity (Wildman–Crippen MR) is 103 cm³/mol. The quantitative estimate of drug-likeness (QED) is 0.588. The predicted octanol–water partition coefficient (Wildman–Crippen LogP) is 2.14. The van der Waals surface area contributed by atoms with Gasteiger partial charge in [0.05, 0.1) is 6.42 Å². The van der Waals surface area contributed by atoms with E-state index in [2.05, 4.69) is 15.1 Å². The minimum absolute atomic E-state index is 0.00858. The van der Waals surface area contributed by atoms with Crippen LogP contribution < -0.4 is 0 Å². The van der Waals surface area contributed by atoms with Gasteiger partial charge in [-0.05, 0) is 31.5 Å². The molecule has 0 aliphatic carbocycles. The number of benzene rings is 1. The van der Waals surface area contributed by atoms with Crippen LogP contribution in [0.5, 0.6) is 0 Å². The molecular formula is C19H20ClN5O3. The number of esters is 1. The monoisotopic (exact) mass is 401 g/mol. The van der Waals surface area contributed by atoms with Crippen LogP contribution >= 0.6 is 11.6 Å². The van der Waals surface area contributed by atoms with Crippen molar-refractivity contribution in [1.29, 1.82) is 0 Å². The van der Waals surface area contributed by atoms with Crippen molar-refractivity contribution in [3.8, 4) is 0 Å². The van der Waals surface area contributed by atoms with E-state index in [1.165, 1.54) is 11.2 Å². The van der Waals surface area contributed by atoms with Crippen LogP contribution in [0.3, 0.4) is 0 Å². The van der Waals surface area contributed by atoms with Crippen molar-refractivity contribution in [3.05, 3.63) is 58.1 Å². The van der Waals surface area contributed by atoms with Gasteiger partial charge >= 0.3 is 5.97 Å². The highest BCUT2D eigenvalue weighted by Crippen LogP contribution is 2.14. The van der Waals surface area contributed by atoms with Crippen LogP contribution in [0.25, 0.3) is 5.78 Å². The Labute approximate surface area is 167 Å². The lowest BCUT2D eigenvalue weighted by Crippen LogP contribution is -2.31. The molecule has 3 rings (SSSR count). The Hall–Kier alpha value is -3.00. The van der Waals surface area contributed by atoms with Gasteiger partial charge in [0.2, 0.25) is 0 Å². The first-order chi connectivity index (χ1) is 13.3. The summed E-state index contributed by atoms with van der Waals surface area (Å²) >= 11 is 5.86. The second kappa shape index (κ2) is 8.35. The number of rotatable bonds is 6. The number of likely N-dealkylation sites (N-methyl/N-ethyl adjacent to an activating group) is 1. The van der Waals surface area contributed by atoms with Gasteiger partial charge < -0.3 is 9.64 Å². The Morgan fingerprint density at radius 3 is 2.64 bits per heavy atom. The second-order valence-corrected chi connectivity index (χ2v) is 6.88. The summed E-state index contributed by atoms with van der Waals surface area (Å²) in [6, 6.07) is 7.22. The third kappa shape index (κ3) is 4.45. The van der Waals surface area contributed by atoms with E-state index in [1.54, 1.807) is 30.6 Å². The minimum Gasteiger partial charge on any atom is -0.455 e. The maximum absolute atomic E-state index is 12.2. The van der Waals surface area contributed by atoms with Gasteiger partial charge in [-0.2, -0.15) is 10.1 Å². The molecule has 0 fully saturated rings. The average Bonchev–Trinajstić information content (AvgIpc) is 3.13. The summed E-state index contributed by atoms with van der Waals surface area (Å²) < 4.78 is 6.74. The normalized spacial score (nSPS) is 10.9. The van der Waals surface area contributed by atoms with Crippen LogP contribution in [0, 0.1) is 13.8 Å². The van der Waals surface area contributed by atoms with Crippen LogP contribution in [0.15, 0.2) is 30.6 Å². The van der Waals surface area contributed by atoms with Gasteiger partial charge in [0, 0.05) is 35.6 Å². The van der Waals surface area contributed by atoms with Crippen LogP contribution in [0.2, 0.25) is 5.02 Å². The van der Waals surface area contributed by atoms with Gasteiger partial charge in [-0.3, -0.25) is 9.59 Å². The molecule has 0 aliphatic heterocycles. The molecule has 3 aromatic rings. The fraction of sp³-hybridized carbons (Fsp3) is 0.316. The zero-order valence-corrected chi connectivity index (χ0v) is 16.6. The van der Waals surface area contributed by atoms with Gasteiger partial charge in [-0.25, -0.2) is 9.50 Å². The van der Waals surface area contributed by atoms with E-state index in [1.807, 2.05) is 19.1 Å². The number of carbonyl (C=O) groups excluding carboxylic acids is 2. The molecule has 8 nitrogen and oxygen atoms in total. The van der Waals surface area contributed by atoms with Gasteiger partial charge in [0.25, 0.3) is 11.7 Å². The third-order valence-corrected chi connectivity index (χ3v) is 4.68. The number of fused-ring (bicyclic) bond motifs is 1. The molecule has 0 unspecified atom stereocenters. The lowest BCUT2D eigenvalue weighted by molar-refractivity contribution is -0.151. The van der Waals surface area contributed by atoms with E-state index in [9.17, 15) is 9.59 Å². The third-order valence-electron chi connectivity index (χ3n) is 4.43. The van der Waals surface area contributed by atoms with Crippen molar-refractivity contribution in [2.75, 3.05) is 13.7 Å². The Morgan fingerprint density at radius 2 is 1.93 bits per heavy atom. The molecule has 0 N–H and O–H groups in total. The van der Waals surface area contributed by atoms with Crippen LogP contribution in [-0.4, -0.2) is 50.0 Å². The topological polar surface area (TPSA) is 89.7 Å². The molecule has 0 radical (unpaired) electrons. The van der Waals surface area contributed by atoms with Crippen LogP contribution in [0.4, 0.5) is 0 Å². The summed E-state index contributed by atoms with van der Waals surface area (Å²) in [6.07, 6.45) is 1.42. The maximum Gasteiger partial charge on any atom is 0.310 e. The number of hydrogen-bond donors (Lipinski definition) is 0. The van der Waals surface area contributed by atoms with E-state index in [0.29, 0.717) is 28.6 Å². The van der Waals surface area contributed by atoms with E-state index in [-0.39, 0.29) is 18.9 Å². The number of ether oxygens (including phenoxy) is 1. The van der Waals surface area contributed by atoms with Gasteiger partial charge in [-0.1, -0.05) is 23.7 Å². The largest absolute Gasteiger partial charge is 0.455 e. The molecule has 0 aliphatic rings. The molecule has 0 atom stereocenters. The van der Waals surface area contributed by atoms with Crippen molar-refractivity contribution in [3.63, 3.8) is 0 Å². The van der Waals surface area contributed by atoms with Crippen molar-refractivity contribution in [1.82, 2.24) is 24.5 Å². The first-order valence-corrected chi connectivity index (χ1v) is 9.03. The van der Waals surface area contributed by atoms with E-state index in [4.69, 9.17) is 16.3 Å². The van der Waals surface area contributed by atoms with E-state index < -0.39 is 5.97 Å². The lowest BCUT2D eigenvalue weighted by Gasteiger charge is -2.17. The number of hydrogen-bond acceptors (Lipinski definition) is 6. The van der Waals surface area contributed by atoms with Crippen molar-refractivity contribution >= 4 is 29.3 Å². The Bertz CT molecular complexity index is 1020. The number of carbonyl (C=O) groups is 2. The number of aromatic nitrogens is 4. The van der Waals surface area contributed by atoms with E-state index in [0.717, 1.165) is 11.3 Å². The highest BCUT2D eigenvalue weighted by molar-refractivity contribution is 6.30. The molecule has 1 aromatic carbocycles. The second-order valence-electron chi connectivity index (χ2n) is 6.45. The summed E-state index contributed by atoms with van der Waals surface area (Å²) in [6.45, 7) is 3.72. The summed E-state index contributed by atoms with van der Waals surface area (Å²) in [5.41, 5.74) is 3.10. The molecule has 0 saturated heterocycles. The fourth-order valence-corrected chi connectivity index (χ4v) is 2.94. The molecule has 2 heterocycles. The molecule has 9 heteroatoms. The summed E-state index contributed by atoms with van der Waals surface area (Å²) in [5, 5.41) is 4.73. The van der Waals surface area contributed by atoms with Gasteiger partial charge in [-0.15, -0.1) is 0 Å². The molecular weight excluding hydrogens is 382 g/mol. The van der Waals surface area contributed by atoms with Crippen molar-refractivity contribution < 1.29 is 14.3 Å². The molecule has 28 heavy (non-hydrogen) atoms. The summed E-state index contributed by atoms with van der Waals surface area (Å²) in [5.74, 6) is -0.312. The average molecular weight is 402 g/mol. The Kier molecular flexibility index (Phi) is 5.89. The Morgan fingerprint density at radius 1 is 1.21 bits per heavy atom. The van der Waals surface area contributed by atoms with Gasteiger partial charge in [0.15, 0.2) is 6.61 Å². The van der Waals surface area contributed by atoms with Crippen molar-refractivity contribution in [2.45, 2.75) is 26.8 Å². The Balaban J connectivity index is 1.56. The smallest absolute Gasteiger partial charge is 0.310 e. The first-order valence-electron chi connectivity index (χ1n) is 8.65. The molecule has 2 aromatic heterocycles. The van der Waals surface area contributed by atoms with E-state index >= 15 is 0 Å². The van der Waals surface area contributed by atoms with Crippen LogP contribution in [-0.2, 0) is 27.3 Å². The number of halogens is 1. The molecule has 1 amide bonds. The number of aryl methyl sites for hydroxylation is 2. The molecule has 0 spiro atoms. The fourth-order valence-electron chi connectivity index (χ4n) is 2.81. The zero-order valence-electron chi connectivity index (χ0n) is 15.8. The highest BCUT2D eigenvalue weighted by atomic mass is 35.5. The standard InChI is InChI=1S/C19H20ClN5O3/c1-12-16(13(2)25-19(23-12)21-11-22-25)8-18(27)28-10-17(26)24(3)9-14-4-6-15(20)7-5-14/h4-7,11H,8-10H2,1-3H3. The first kappa shape index (κ1) is 19.8. The van der Waals surface area contributed by atoms with Gasteiger partial charge in [0.1, 0.15) is 6.33 Å². The zero-order chi connectivity index (χ0) is 20.3. The SMILES string of the molecule is Cc1nc2ncnn2c(C)c1CC(=O)OCC(=O)N(C)Cc1ccc(Cl)cc1. The summed E-state index contributed by atoms with van der Waals surface area (Å²) in [4.78, 5) is 34.3. The molecule has 0 bridgehead atoms. The summed E-state index contributed by atoms with van der Waals surface area (Å²) in [7, 11) is 1.65. The maximum atomic E-state index is 12.2. The number of amides is 1. The number of nitrogens with zero attached hydrogens (tertiary/aromatic N) is 5. The highest BCUT2D eigenvalue weighted by Gasteiger charge is 2.17.